The predicted molar refractivity (Wildman–Crippen MR) is 124 cm³/mol. The number of nitrogens with zero attached hydrogens (tertiary/aromatic N) is 2. The highest BCUT2D eigenvalue weighted by molar-refractivity contribution is 5.88. The summed E-state index contributed by atoms with van der Waals surface area (Å²) < 4.78 is 0. The molecule has 2 aromatic heterocycles. The first kappa shape index (κ1) is 28.4. The van der Waals surface area contributed by atoms with Gasteiger partial charge in [-0.05, 0) is 24.3 Å². The molecule has 5 N–H and O–H groups in total. The number of hydrogen-bond acceptors (Lipinski definition) is 8. The molecule has 178 valence electrons. The fourth-order valence-electron chi connectivity index (χ4n) is 2.57. The minimum Gasteiger partial charge on any atom is -0.507 e. The lowest BCUT2D eigenvalue weighted by Gasteiger charge is -2.00. The van der Waals surface area contributed by atoms with E-state index in [1.54, 1.807) is 42.5 Å². The molecule has 2 aromatic carbocycles. The number of aromatic hydroxyl groups is 2. The summed E-state index contributed by atoms with van der Waals surface area (Å²) in [5.74, 6) is -0.575. The van der Waals surface area contributed by atoms with E-state index >= 15 is 0 Å². The van der Waals surface area contributed by atoms with Gasteiger partial charge in [0.15, 0.2) is 0 Å². The van der Waals surface area contributed by atoms with Crippen LogP contribution in [0.2, 0.25) is 0 Å². The molecule has 0 atom stereocenters. The van der Waals surface area contributed by atoms with E-state index in [-0.39, 0.29) is 38.0 Å². The number of hydrogen-bond donors (Lipinski definition) is 5. The van der Waals surface area contributed by atoms with Crippen LogP contribution < -0.4 is 11.1 Å². The number of nitro groups is 1. The monoisotopic (exact) mass is 486 g/mol. The summed E-state index contributed by atoms with van der Waals surface area (Å²) in [5.41, 5.74) is -0.996. The van der Waals surface area contributed by atoms with Gasteiger partial charge >= 0.3 is 11.2 Å². The summed E-state index contributed by atoms with van der Waals surface area (Å²) in [6.45, 7) is 0. The van der Waals surface area contributed by atoms with Crippen molar-refractivity contribution in [1.29, 1.82) is 0 Å². The Balaban J connectivity index is 0. The van der Waals surface area contributed by atoms with Crippen LogP contribution in [0, 0.1) is 20.2 Å². The number of fused-ring (bicyclic) bond motifs is 2. The Labute approximate surface area is 191 Å². The maximum atomic E-state index is 11.2. The van der Waals surface area contributed by atoms with Crippen molar-refractivity contribution < 1.29 is 26.9 Å². The van der Waals surface area contributed by atoms with Crippen LogP contribution in [-0.2, 0) is 0 Å². The SMILES string of the molecule is C.Cl.O=[N+]([O-])O.O=c1[nH]c2ccccc2c(O)c1[N+](=O)[O-].O=c1cc(O)c2ccccc2[nH]1.[3HH]. The van der Waals surface area contributed by atoms with Gasteiger partial charge in [0.2, 0.25) is 5.75 Å². The third-order valence-electron chi connectivity index (χ3n) is 3.78. The molecule has 0 radical (unpaired) electrons. The van der Waals surface area contributed by atoms with Gasteiger partial charge in [0.1, 0.15) is 5.75 Å². The van der Waals surface area contributed by atoms with Crippen LogP contribution in [0.5, 0.6) is 11.5 Å². The van der Waals surface area contributed by atoms with E-state index in [4.69, 9.17) is 15.3 Å². The number of H-pyrrole nitrogens is 2. The minimum atomic E-state index is -1.50. The fraction of sp³-hybridized carbons (Fsp3) is 0.0526. The number of nitrogens with one attached hydrogen (secondary N) is 2. The quantitative estimate of drug-likeness (QED) is 0.197. The maximum absolute atomic E-state index is 11.2. The lowest BCUT2D eigenvalue weighted by molar-refractivity contribution is -0.742. The average Bonchev–Trinajstić information content (AvgIpc) is 2.67. The molecule has 4 aromatic rings. The Kier molecular flexibility index (Phi) is 10.5. The zero-order valence-electron chi connectivity index (χ0n) is 15.8. The number of halogens is 1. The second-order valence-electron chi connectivity index (χ2n) is 5.76. The van der Waals surface area contributed by atoms with Crippen molar-refractivity contribution >= 4 is 39.9 Å². The van der Waals surface area contributed by atoms with E-state index < -0.39 is 27.0 Å². The lowest BCUT2D eigenvalue weighted by Crippen LogP contribution is -2.11. The first-order chi connectivity index (χ1) is 14.6. The van der Waals surface area contributed by atoms with Gasteiger partial charge in [-0.25, -0.2) is 0 Å². The van der Waals surface area contributed by atoms with Gasteiger partial charge in [-0.3, -0.25) is 19.7 Å². The van der Waals surface area contributed by atoms with Crippen LogP contribution in [0.4, 0.5) is 5.69 Å². The first-order valence-electron chi connectivity index (χ1n) is 8.24. The Morgan fingerprint density at radius 3 is 1.82 bits per heavy atom. The molecule has 0 saturated carbocycles. The van der Waals surface area contributed by atoms with Crippen LogP contribution in [0.3, 0.4) is 0 Å². The summed E-state index contributed by atoms with van der Waals surface area (Å²) >= 11 is 0. The summed E-state index contributed by atoms with van der Waals surface area (Å²) in [6.07, 6.45) is 0. The summed E-state index contributed by atoms with van der Waals surface area (Å²) in [6, 6.07) is 14.6. The van der Waals surface area contributed by atoms with Crippen LogP contribution in [-0.4, -0.2) is 35.4 Å². The van der Waals surface area contributed by atoms with Crippen molar-refractivity contribution in [1.82, 2.24) is 9.97 Å². The smallest absolute Gasteiger partial charge is 0.375 e. The van der Waals surface area contributed by atoms with Crippen LogP contribution in [0.1, 0.15) is 8.85 Å². The molecule has 13 nitrogen and oxygen atoms in total. The topological polar surface area (TPSA) is 213 Å². The number of para-hydroxylation sites is 2. The second kappa shape index (κ2) is 12.3. The lowest BCUT2D eigenvalue weighted by atomic mass is 10.2. The van der Waals surface area contributed by atoms with E-state index in [1.165, 1.54) is 12.1 Å². The van der Waals surface area contributed by atoms with Crippen molar-refractivity contribution in [3.05, 3.63) is 95.5 Å². The Hall–Kier alpha value is -4.65. The highest BCUT2D eigenvalue weighted by atomic mass is 35.5. The molecule has 0 aliphatic carbocycles. The largest absolute Gasteiger partial charge is 0.507 e. The molecule has 0 unspecified atom stereocenters. The van der Waals surface area contributed by atoms with E-state index in [0.29, 0.717) is 16.4 Å². The molecule has 0 fully saturated rings. The summed E-state index contributed by atoms with van der Waals surface area (Å²) in [4.78, 5) is 45.0. The van der Waals surface area contributed by atoms with Gasteiger partial charge in [-0.15, -0.1) is 22.5 Å². The van der Waals surface area contributed by atoms with E-state index in [1.807, 2.05) is 0 Å². The maximum Gasteiger partial charge on any atom is 0.375 e. The van der Waals surface area contributed by atoms with Gasteiger partial charge in [-0.2, -0.15) is 0 Å². The van der Waals surface area contributed by atoms with Crippen molar-refractivity contribution in [2.24, 2.45) is 0 Å². The molecule has 0 amide bonds. The van der Waals surface area contributed by atoms with E-state index in [9.17, 15) is 29.9 Å². The van der Waals surface area contributed by atoms with Crippen LogP contribution >= 0.6 is 12.4 Å². The molecule has 4 rings (SSSR count). The number of aromatic nitrogens is 2. The second-order valence-corrected chi connectivity index (χ2v) is 5.76. The third-order valence-corrected chi connectivity index (χ3v) is 3.78. The molecular formula is C19H21ClN4O9. The molecule has 0 saturated heterocycles. The standard InChI is InChI=1S/C9H6N2O4.C9H7NO2.CH4.ClH.HNO3.H2/c12-8-5-3-1-2-4-6(5)10-9(13)7(8)11(14)15;11-8-5-9(12)10-7-4-2-1-3-6(7)8;;;2-1(3)4;/h1-4H,(H2,10,12,13);1-5H,(H2,10,11,12);1H4;1H;(H,2,3,4);1H/i;;;;;1+2. The van der Waals surface area contributed by atoms with Crippen molar-refractivity contribution in [3.63, 3.8) is 0 Å². The summed E-state index contributed by atoms with van der Waals surface area (Å²) in [5, 5.41) is 43.9. The van der Waals surface area contributed by atoms with Gasteiger partial charge in [0.05, 0.1) is 16.0 Å². The number of benzene rings is 2. The van der Waals surface area contributed by atoms with E-state index in [2.05, 4.69) is 9.97 Å². The predicted octanol–water partition coefficient (Wildman–Crippen LogP) is 3.33. The molecule has 0 aliphatic rings. The highest BCUT2D eigenvalue weighted by Gasteiger charge is 2.21. The molecule has 33 heavy (non-hydrogen) atoms. The zero-order valence-corrected chi connectivity index (χ0v) is 16.6. The van der Waals surface area contributed by atoms with Crippen molar-refractivity contribution in [2.45, 2.75) is 7.43 Å². The molecular weight excluding hydrogens is 464 g/mol. The van der Waals surface area contributed by atoms with Crippen LogP contribution in [0.15, 0.2) is 64.2 Å². The molecule has 0 spiro atoms. The average molecular weight is 487 g/mol. The van der Waals surface area contributed by atoms with Crippen molar-refractivity contribution in [3.8, 4) is 11.5 Å². The molecule has 0 bridgehead atoms. The Morgan fingerprint density at radius 1 is 0.848 bits per heavy atom. The van der Waals surface area contributed by atoms with Gasteiger partial charge in [0, 0.05) is 18.3 Å². The normalized spacial score (nSPS) is 9.21. The van der Waals surface area contributed by atoms with Gasteiger partial charge in [0.25, 0.3) is 10.6 Å². The van der Waals surface area contributed by atoms with E-state index in [0.717, 1.165) is 0 Å². The number of pyridine rings is 2. The fourth-order valence-corrected chi connectivity index (χ4v) is 2.57. The first-order valence-corrected chi connectivity index (χ1v) is 8.24. The highest BCUT2D eigenvalue weighted by Crippen LogP contribution is 2.28. The molecule has 14 heteroatoms. The third kappa shape index (κ3) is 7.22. The molecule has 2 heterocycles. The van der Waals surface area contributed by atoms with Gasteiger partial charge < -0.3 is 25.4 Å². The molecule has 0 aliphatic heterocycles. The zero-order chi connectivity index (χ0) is 23.1. The van der Waals surface area contributed by atoms with Crippen molar-refractivity contribution in [2.75, 3.05) is 0 Å². The minimum absolute atomic E-state index is 0. The Morgan fingerprint density at radius 2 is 1.30 bits per heavy atom. The van der Waals surface area contributed by atoms with Crippen LogP contribution in [0.25, 0.3) is 21.8 Å². The number of aromatic amines is 2. The number of rotatable bonds is 1. The van der Waals surface area contributed by atoms with Gasteiger partial charge in [-0.1, -0.05) is 31.7 Å². The Bertz CT molecular complexity index is 1390. The summed E-state index contributed by atoms with van der Waals surface area (Å²) in [7, 11) is 0.